The first-order valence-corrected chi connectivity index (χ1v) is 9.23. The monoisotopic (exact) mass is 378 g/mol. The molecule has 0 amide bonds. The van der Waals surface area contributed by atoms with E-state index < -0.39 is 0 Å². The molecule has 0 radical (unpaired) electrons. The van der Waals surface area contributed by atoms with E-state index in [-0.39, 0.29) is 0 Å². The Morgan fingerprint density at radius 1 is 1.07 bits per heavy atom. The van der Waals surface area contributed by atoms with Gasteiger partial charge in [0.05, 0.1) is 12.8 Å². The van der Waals surface area contributed by atoms with Crippen molar-refractivity contribution in [3.8, 4) is 17.0 Å². The highest BCUT2D eigenvalue weighted by Crippen LogP contribution is 2.25. The highest BCUT2D eigenvalue weighted by Gasteiger charge is 2.08. The van der Waals surface area contributed by atoms with Gasteiger partial charge in [0.25, 0.3) is 0 Å². The molecule has 0 aliphatic rings. The van der Waals surface area contributed by atoms with Gasteiger partial charge in [0, 0.05) is 42.3 Å². The molecule has 3 aromatic rings. The van der Waals surface area contributed by atoms with E-state index in [0.717, 1.165) is 42.2 Å². The van der Waals surface area contributed by atoms with Crippen LogP contribution in [0, 0.1) is 0 Å². The fourth-order valence-electron chi connectivity index (χ4n) is 2.70. The minimum atomic E-state index is 0.588. The standard InChI is InChI=1S/C21H26N6O/c1-27(2)12-6-11-23-21-25-19(16-7-5-10-22-15-16)14-20(26-21)24-17-8-4-9-18(13-17)28-3/h4-5,7-10,13-15H,6,11-12H2,1-3H3,(H2,23,24,25,26). The van der Waals surface area contributed by atoms with Crippen LogP contribution in [0.2, 0.25) is 0 Å². The zero-order valence-corrected chi connectivity index (χ0v) is 16.5. The Hall–Kier alpha value is -3.19. The number of hydrogen-bond acceptors (Lipinski definition) is 7. The van der Waals surface area contributed by atoms with Crippen LogP contribution >= 0.6 is 0 Å². The minimum absolute atomic E-state index is 0.588. The van der Waals surface area contributed by atoms with Gasteiger partial charge < -0.3 is 20.3 Å². The van der Waals surface area contributed by atoms with Gasteiger partial charge >= 0.3 is 0 Å². The van der Waals surface area contributed by atoms with Crippen molar-refractivity contribution in [1.82, 2.24) is 19.9 Å². The Morgan fingerprint density at radius 3 is 2.71 bits per heavy atom. The largest absolute Gasteiger partial charge is 0.497 e. The molecule has 0 aliphatic heterocycles. The third kappa shape index (κ3) is 5.65. The second-order valence-electron chi connectivity index (χ2n) is 6.64. The number of ether oxygens (including phenoxy) is 1. The lowest BCUT2D eigenvalue weighted by molar-refractivity contribution is 0.405. The predicted molar refractivity (Wildman–Crippen MR) is 113 cm³/mol. The van der Waals surface area contributed by atoms with E-state index in [2.05, 4.69) is 44.6 Å². The number of nitrogens with one attached hydrogen (secondary N) is 2. The van der Waals surface area contributed by atoms with Gasteiger partial charge in [-0.15, -0.1) is 0 Å². The average Bonchev–Trinajstić information content (AvgIpc) is 2.72. The molecule has 0 unspecified atom stereocenters. The third-order valence-electron chi connectivity index (χ3n) is 4.09. The van der Waals surface area contributed by atoms with E-state index in [4.69, 9.17) is 4.74 Å². The van der Waals surface area contributed by atoms with Crippen molar-refractivity contribution in [3.05, 3.63) is 54.9 Å². The van der Waals surface area contributed by atoms with E-state index in [9.17, 15) is 0 Å². The van der Waals surface area contributed by atoms with Gasteiger partial charge in [-0.3, -0.25) is 4.98 Å². The summed E-state index contributed by atoms with van der Waals surface area (Å²) in [6, 6.07) is 13.5. The maximum absolute atomic E-state index is 5.30. The van der Waals surface area contributed by atoms with Gasteiger partial charge in [-0.25, -0.2) is 4.98 Å². The topological polar surface area (TPSA) is 75.2 Å². The van der Waals surface area contributed by atoms with Crippen LogP contribution in [0.4, 0.5) is 17.5 Å². The fourth-order valence-corrected chi connectivity index (χ4v) is 2.70. The molecule has 146 valence electrons. The Labute approximate surface area is 165 Å². The van der Waals surface area contributed by atoms with E-state index in [0.29, 0.717) is 11.8 Å². The summed E-state index contributed by atoms with van der Waals surface area (Å²) < 4.78 is 5.30. The predicted octanol–water partition coefficient (Wildman–Crippen LogP) is 3.65. The third-order valence-corrected chi connectivity index (χ3v) is 4.09. The van der Waals surface area contributed by atoms with Crippen molar-refractivity contribution in [2.24, 2.45) is 0 Å². The molecule has 0 spiro atoms. The highest BCUT2D eigenvalue weighted by molar-refractivity contribution is 5.67. The fraction of sp³-hybridized carbons (Fsp3) is 0.286. The molecule has 2 aromatic heterocycles. The number of pyridine rings is 1. The second-order valence-corrected chi connectivity index (χ2v) is 6.64. The van der Waals surface area contributed by atoms with Gasteiger partial charge in [0.15, 0.2) is 0 Å². The summed E-state index contributed by atoms with van der Waals surface area (Å²) in [5.74, 6) is 2.08. The van der Waals surface area contributed by atoms with Crippen molar-refractivity contribution in [2.75, 3.05) is 44.9 Å². The van der Waals surface area contributed by atoms with Crippen LogP contribution in [0.5, 0.6) is 5.75 Å². The molecule has 1 aromatic carbocycles. The number of aromatic nitrogens is 3. The average molecular weight is 378 g/mol. The number of hydrogen-bond donors (Lipinski definition) is 2. The molecule has 0 saturated carbocycles. The molecule has 7 heteroatoms. The molecule has 0 saturated heterocycles. The Bertz CT molecular complexity index is 885. The molecular weight excluding hydrogens is 352 g/mol. The first-order chi connectivity index (χ1) is 13.6. The first-order valence-electron chi connectivity index (χ1n) is 9.23. The summed E-state index contributed by atoms with van der Waals surface area (Å²) in [5.41, 5.74) is 2.65. The van der Waals surface area contributed by atoms with Crippen molar-refractivity contribution < 1.29 is 4.74 Å². The van der Waals surface area contributed by atoms with Gasteiger partial charge in [0.2, 0.25) is 5.95 Å². The first kappa shape index (κ1) is 19.6. The van der Waals surface area contributed by atoms with Gasteiger partial charge in [-0.05, 0) is 51.3 Å². The normalized spacial score (nSPS) is 10.7. The Balaban J connectivity index is 1.84. The van der Waals surface area contributed by atoms with Gasteiger partial charge in [-0.1, -0.05) is 6.07 Å². The van der Waals surface area contributed by atoms with E-state index in [1.165, 1.54) is 0 Å². The molecular formula is C21H26N6O. The molecule has 0 bridgehead atoms. The van der Waals surface area contributed by atoms with E-state index >= 15 is 0 Å². The van der Waals surface area contributed by atoms with Crippen molar-refractivity contribution in [3.63, 3.8) is 0 Å². The quantitative estimate of drug-likeness (QED) is 0.550. The summed E-state index contributed by atoms with van der Waals surface area (Å²) in [6.45, 7) is 1.80. The van der Waals surface area contributed by atoms with Crippen molar-refractivity contribution >= 4 is 17.5 Å². The zero-order valence-electron chi connectivity index (χ0n) is 16.5. The van der Waals surface area contributed by atoms with Crippen LogP contribution in [-0.2, 0) is 0 Å². The van der Waals surface area contributed by atoms with Crippen LogP contribution in [0.15, 0.2) is 54.9 Å². The van der Waals surface area contributed by atoms with E-state index in [1.807, 2.05) is 42.5 Å². The Kier molecular flexibility index (Phi) is 6.75. The smallest absolute Gasteiger partial charge is 0.225 e. The SMILES string of the molecule is COc1cccc(Nc2cc(-c3cccnc3)nc(NCCCN(C)C)n2)c1. The van der Waals surface area contributed by atoms with E-state index in [1.54, 1.807) is 19.5 Å². The van der Waals surface area contributed by atoms with Crippen LogP contribution in [0.25, 0.3) is 11.3 Å². The van der Waals surface area contributed by atoms with Crippen LogP contribution in [-0.4, -0.2) is 54.1 Å². The van der Waals surface area contributed by atoms with Crippen LogP contribution < -0.4 is 15.4 Å². The maximum Gasteiger partial charge on any atom is 0.225 e. The second kappa shape index (κ2) is 9.66. The molecule has 0 aliphatic carbocycles. The van der Waals surface area contributed by atoms with Gasteiger partial charge in [0.1, 0.15) is 11.6 Å². The number of rotatable bonds is 9. The molecule has 2 heterocycles. The lowest BCUT2D eigenvalue weighted by Crippen LogP contribution is -2.17. The number of anilines is 3. The minimum Gasteiger partial charge on any atom is -0.497 e. The highest BCUT2D eigenvalue weighted by atomic mass is 16.5. The maximum atomic E-state index is 5.30. The number of nitrogens with zero attached hydrogens (tertiary/aromatic N) is 4. The molecule has 7 nitrogen and oxygen atoms in total. The van der Waals surface area contributed by atoms with Crippen molar-refractivity contribution in [1.29, 1.82) is 0 Å². The summed E-state index contributed by atoms with van der Waals surface area (Å²) in [4.78, 5) is 15.6. The van der Waals surface area contributed by atoms with Gasteiger partial charge in [-0.2, -0.15) is 4.98 Å². The molecule has 2 N–H and O–H groups in total. The summed E-state index contributed by atoms with van der Waals surface area (Å²) in [7, 11) is 5.78. The zero-order chi connectivity index (χ0) is 19.8. The van der Waals surface area contributed by atoms with Crippen LogP contribution in [0.3, 0.4) is 0 Å². The molecule has 0 fully saturated rings. The summed E-state index contributed by atoms with van der Waals surface area (Å²) in [5, 5.41) is 6.66. The summed E-state index contributed by atoms with van der Waals surface area (Å²) in [6.07, 6.45) is 4.56. The molecule has 28 heavy (non-hydrogen) atoms. The van der Waals surface area contributed by atoms with Crippen LogP contribution in [0.1, 0.15) is 6.42 Å². The summed E-state index contributed by atoms with van der Waals surface area (Å²) >= 11 is 0. The lowest BCUT2D eigenvalue weighted by atomic mass is 10.2. The van der Waals surface area contributed by atoms with Crippen molar-refractivity contribution in [2.45, 2.75) is 6.42 Å². The Morgan fingerprint density at radius 2 is 1.96 bits per heavy atom. The number of methoxy groups -OCH3 is 1. The molecule has 3 rings (SSSR count). The molecule has 0 atom stereocenters. The number of benzene rings is 1. The lowest BCUT2D eigenvalue weighted by Gasteiger charge is -2.13.